The third-order valence-electron chi connectivity index (χ3n) is 5.76. The Morgan fingerprint density at radius 1 is 1.14 bits per heavy atom. The third-order valence-corrected chi connectivity index (χ3v) is 5.76. The molecular formula is C21H25N5O3. The molecule has 0 N–H and O–H groups in total. The summed E-state index contributed by atoms with van der Waals surface area (Å²) >= 11 is 0. The van der Waals surface area contributed by atoms with E-state index in [1.165, 1.54) is 16.5 Å². The minimum absolute atomic E-state index is 0.0821. The number of amides is 1. The lowest BCUT2D eigenvalue weighted by Gasteiger charge is -2.36. The number of aryl methyl sites for hydroxylation is 2. The minimum Gasteiger partial charge on any atom is -0.338 e. The van der Waals surface area contributed by atoms with Gasteiger partial charge < -0.3 is 9.47 Å². The number of hydrogen-bond acceptors (Lipinski definition) is 4. The van der Waals surface area contributed by atoms with Crippen LogP contribution in [0.2, 0.25) is 0 Å². The van der Waals surface area contributed by atoms with Crippen LogP contribution < -0.4 is 11.2 Å². The normalized spacial score (nSPS) is 17.0. The highest BCUT2D eigenvalue weighted by Gasteiger charge is 2.28. The Hall–Kier alpha value is -3.16. The number of carbonyl (C=O) groups excluding carboxylic acids is 1. The molecule has 4 rings (SSSR count). The summed E-state index contributed by atoms with van der Waals surface area (Å²) in [6, 6.07) is 10.2. The summed E-state index contributed by atoms with van der Waals surface area (Å²) in [6.07, 6.45) is 5.21. The Morgan fingerprint density at radius 3 is 2.66 bits per heavy atom. The SMILES string of the molecule is Cn1cnc2c1c(=O)n(CC(=O)N1CCCCC1Cc1ccccc1)c(=O)n2C. The first-order valence-electron chi connectivity index (χ1n) is 9.91. The third kappa shape index (κ3) is 3.50. The molecule has 0 radical (unpaired) electrons. The molecule has 29 heavy (non-hydrogen) atoms. The Balaban J connectivity index is 1.63. The first kappa shape index (κ1) is 19.2. The van der Waals surface area contributed by atoms with Crippen LogP contribution in [0.4, 0.5) is 0 Å². The van der Waals surface area contributed by atoms with E-state index in [-0.39, 0.29) is 18.5 Å². The molecule has 0 bridgehead atoms. The molecule has 8 nitrogen and oxygen atoms in total. The molecule has 1 saturated heterocycles. The van der Waals surface area contributed by atoms with Gasteiger partial charge in [-0.15, -0.1) is 0 Å². The van der Waals surface area contributed by atoms with Crippen LogP contribution in [0.1, 0.15) is 24.8 Å². The number of benzene rings is 1. The molecular weight excluding hydrogens is 370 g/mol. The van der Waals surface area contributed by atoms with Crippen molar-refractivity contribution >= 4 is 17.1 Å². The van der Waals surface area contributed by atoms with Crippen molar-refractivity contribution in [3.05, 3.63) is 63.1 Å². The van der Waals surface area contributed by atoms with Gasteiger partial charge in [0.2, 0.25) is 5.91 Å². The van der Waals surface area contributed by atoms with Crippen molar-refractivity contribution in [1.82, 2.24) is 23.6 Å². The summed E-state index contributed by atoms with van der Waals surface area (Å²) in [4.78, 5) is 44.7. The highest BCUT2D eigenvalue weighted by atomic mass is 16.2. The highest BCUT2D eigenvalue weighted by molar-refractivity contribution is 5.77. The van der Waals surface area contributed by atoms with Crippen molar-refractivity contribution in [3.8, 4) is 0 Å². The van der Waals surface area contributed by atoms with Gasteiger partial charge in [0, 0.05) is 26.7 Å². The molecule has 3 heterocycles. The van der Waals surface area contributed by atoms with Crippen molar-refractivity contribution in [3.63, 3.8) is 0 Å². The monoisotopic (exact) mass is 395 g/mol. The lowest BCUT2D eigenvalue weighted by atomic mass is 9.95. The first-order chi connectivity index (χ1) is 14.0. The van der Waals surface area contributed by atoms with E-state index in [0.717, 1.165) is 30.3 Å². The molecule has 2 aromatic heterocycles. The van der Waals surface area contributed by atoms with Crippen molar-refractivity contribution < 1.29 is 4.79 Å². The molecule has 0 saturated carbocycles. The van der Waals surface area contributed by atoms with Crippen LogP contribution in [0, 0.1) is 0 Å². The van der Waals surface area contributed by atoms with Gasteiger partial charge in [0.05, 0.1) is 6.33 Å². The number of fused-ring (bicyclic) bond motifs is 1. The quantitative estimate of drug-likeness (QED) is 0.661. The van der Waals surface area contributed by atoms with Gasteiger partial charge in [-0.05, 0) is 31.2 Å². The maximum absolute atomic E-state index is 13.1. The molecule has 8 heteroatoms. The maximum atomic E-state index is 13.1. The summed E-state index contributed by atoms with van der Waals surface area (Å²) < 4.78 is 3.93. The average molecular weight is 395 g/mol. The van der Waals surface area contributed by atoms with Gasteiger partial charge in [-0.3, -0.25) is 14.2 Å². The maximum Gasteiger partial charge on any atom is 0.332 e. The van der Waals surface area contributed by atoms with E-state index in [1.54, 1.807) is 18.7 Å². The second-order valence-corrected chi connectivity index (χ2v) is 7.69. The van der Waals surface area contributed by atoms with Crippen molar-refractivity contribution in [2.75, 3.05) is 6.54 Å². The molecule has 0 aliphatic carbocycles. The van der Waals surface area contributed by atoms with Crippen LogP contribution >= 0.6 is 0 Å². The van der Waals surface area contributed by atoms with Gasteiger partial charge in [0.15, 0.2) is 11.2 Å². The lowest BCUT2D eigenvalue weighted by Crippen LogP contribution is -2.49. The molecule has 1 fully saturated rings. The van der Waals surface area contributed by atoms with E-state index in [4.69, 9.17) is 0 Å². The number of likely N-dealkylation sites (tertiary alicyclic amines) is 1. The summed E-state index contributed by atoms with van der Waals surface area (Å²) in [5.74, 6) is -0.189. The molecule has 1 aliphatic rings. The standard InChI is InChI=1S/C21H25N5O3/c1-23-14-22-19-18(23)20(28)26(21(29)24(19)2)13-17(27)25-11-7-6-10-16(25)12-15-8-4-3-5-9-15/h3-5,8-9,14,16H,6-7,10-13H2,1-2H3. The van der Waals surface area contributed by atoms with Crippen molar-refractivity contribution in [1.29, 1.82) is 0 Å². The van der Waals surface area contributed by atoms with Crippen LogP contribution in [0.5, 0.6) is 0 Å². The van der Waals surface area contributed by atoms with Crippen molar-refractivity contribution in [2.45, 2.75) is 38.3 Å². The van der Waals surface area contributed by atoms with E-state index in [9.17, 15) is 14.4 Å². The van der Waals surface area contributed by atoms with E-state index >= 15 is 0 Å². The number of rotatable bonds is 4. The van der Waals surface area contributed by atoms with Gasteiger partial charge in [-0.1, -0.05) is 30.3 Å². The van der Waals surface area contributed by atoms with Gasteiger partial charge in [0.1, 0.15) is 6.54 Å². The van der Waals surface area contributed by atoms with Gasteiger partial charge >= 0.3 is 5.69 Å². The second kappa shape index (κ2) is 7.69. The van der Waals surface area contributed by atoms with E-state index < -0.39 is 11.2 Å². The smallest absolute Gasteiger partial charge is 0.332 e. The fraction of sp³-hybridized carbons (Fsp3) is 0.429. The number of piperidine rings is 1. The van der Waals surface area contributed by atoms with E-state index in [2.05, 4.69) is 17.1 Å². The number of aromatic nitrogens is 4. The van der Waals surface area contributed by atoms with E-state index in [1.807, 2.05) is 23.1 Å². The average Bonchev–Trinajstić information content (AvgIpc) is 3.12. The fourth-order valence-electron chi connectivity index (χ4n) is 4.19. The predicted octanol–water partition coefficient (Wildman–Crippen LogP) is 1.06. The zero-order valence-electron chi connectivity index (χ0n) is 16.7. The van der Waals surface area contributed by atoms with Crippen LogP contribution in [0.15, 0.2) is 46.2 Å². The first-order valence-corrected chi connectivity index (χ1v) is 9.91. The molecule has 0 spiro atoms. The molecule has 1 amide bonds. The molecule has 3 aromatic rings. The van der Waals surface area contributed by atoms with Crippen LogP contribution in [0.3, 0.4) is 0 Å². The van der Waals surface area contributed by atoms with Gasteiger partial charge in [0.25, 0.3) is 5.56 Å². The number of carbonyl (C=O) groups is 1. The Kier molecular flexibility index (Phi) is 5.08. The highest BCUT2D eigenvalue weighted by Crippen LogP contribution is 2.21. The zero-order valence-corrected chi connectivity index (χ0v) is 16.7. The number of nitrogens with zero attached hydrogens (tertiary/aromatic N) is 5. The molecule has 152 valence electrons. The van der Waals surface area contributed by atoms with Crippen LogP contribution in [-0.2, 0) is 31.9 Å². The van der Waals surface area contributed by atoms with E-state index in [0.29, 0.717) is 17.7 Å². The zero-order chi connectivity index (χ0) is 20.5. The summed E-state index contributed by atoms with van der Waals surface area (Å²) in [5.41, 5.74) is 0.825. The van der Waals surface area contributed by atoms with Gasteiger partial charge in [-0.25, -0.2) is 14.3 Å². The summed E-state index contributed by atoms with van der Waals surface area (Å²) in [7, 11) is 3.27. The molecule has 1 atom stereocenters. The summed E-state index contributed by atoms with van der Waals surface area (Å²) in [5, 5.41) is 0. The topological polar surface area (TPSA) is 82.1 Å². The minimum atomic E-state index is -0.522. The Labute approximate surface area is 168 Å². The number of hydrogen-bond donors (Lipinski definition) is 0. The largest absolute Gasteiger partial charge is 0.338 e. The van der Waals surface area contributed by atoms with Crippen LogP contribution in [0.25, 0.3) is 11.2 Å². The number of imidazole rings is 1. The lowest BCUT2D eigenvalue weighted by molar-refractivity contribution is -0.135. The second-order valence-electron chi connectivity index (χ2n) is 7.69. The van der Waals surface area contributed by atoms with Crippen molar-refractivity contribution in [2.24, 2.45) is 14.1 Å². The molecule has 1 unspecified atom stereocenters. The van der Waals surface area contributed by atoms with Crippen LogP contribution in [-0.4, -0.2) is 42.1 Å². The molecule has 1 aromatic carbocycles. The Morgan fingerprint density at radius 2 is 1.90 bits per heavy atom. The fourth-order valence-corrected chi connectivity index (χ4v) is 4.19. The summed E-state index contributed by atoms with van der Waals surface area (Å²) in [6.45, 7) is 0.400. The predicted molar refractivity (Wildman–Crippen MR) is 110 cm³/mol. The van der Waals surface area contributed by atoms with Gasteiger partial charge in [-0.2, -0.15) is 0 Å². The Bertz CT molecular complexity index is 1160. The molecule has 1 aliphatic heterocycles.